The van der Waals surface area contributed by atoms with E-state index in [0.29, 0.717) is 11.0 Å². The number of thiocarbonyl (C=S) groups is 1. The molecule has 1 atom stereocenters. The zero-order chi connectivity index (χ0) is 12.3. The van der Waals surface area contributed by atoms with Gasteiger partial charge in [-0.15, -0.1) is 0 Å². The summed E-state index contributed by atoms with van der Waals surface area (Å²) in [7, 11) is 0. The number of hydrogen-bond donors (Lipinski definition) is 1. The van der Waals surface area contributed by atoms with Crippen molar-refractivity contribution in [3.63, 3.8) is 0 Å². The third-order valence-corrected chi connectivity index (χ3v) is 3.66. The van der Waals surface area contributed by atoms with Crippen molar-refractivity contribution in [1.29, 1.82) is 0 Å². The third-order valence-electron chi connectivity index (χ3n) is 3.42. The third kappa shape index (κ3) is 2.75. The molecule has 0 spiro atoms. The topological polar surface area (TPSA) is 42.1 Å². The maximum absolute atomic E-state index is 5.66. The van der Waals surface area contributed by atoms with Crippen molar-refractivity contribution in [1.82, 2.24) is 4.98 Å². The van der Waals surface area contributed by atoms with Crippen LogP contribution in [0, 0.1) is 0 Å². The van der Waals surface area contributed by atoms with E-state index in [2.05, 4.69) is 16.8 Å². The molecule has 2 N–H and O–H groups in total. The van der Waals surface area contributed by atoms with Crippen molar-refractivity contribution in [3.05, 3.63) is 23.9 Å². The van der Waals surface area contributed by atoms with Crippen LogP contribution in [0.3, 0.4) is 0 Å². The lowest BCUT2D eigenvalue weighted by Gasteiger charge is -2.36. The molecule has 1 aliphatic heterocycles. The lowest BCUT2D eigenvalue weighted by molar-refractivity contribution is 0.447. The Hall–Kier alpha value is -1.16. The molecular weight excluding hydrogens is 230 g/mol. The van der Waals surface area contributed by atoms with Crippen LogP contribution in [0.15, 0.2) is 18.3 Å². The average Bonchev–Trinajstić information content (AvgIpc) is 2.39. The summed E-state index contributed by atoms with van der Waals surface area (Å²) in [6, 6.07) is 4.49. The molecule has 1 aromatic rings. The fourth-order valence-corrected chi connectivity index (χ4v) is 2.58. The summed E-state index contributed by atoms with van der Waals surface area (Å²) in [5.41, 5.74) is 6.57. The fourth-order valence-electron chi connectivity index (χ4n) is 2.46. The highest BCUT2D eigenvalue weighted by atomic mass is 32.1. The summed E-state index contributed by atoms with van der Waals surface area (Å²) in [5, 5.41) is 0. The number of nitrogens with two attached hydrogens (primary N) is 1. The van der Waals surface area contributed by atoms with Gasteiger partial charge in [0, 0.05) is 24.3 Å². The van der Waals surface area contributed by atoms with E-state index in [-0.39, 0.29) is 0 Å². The fraction of sp³-hybridized carbons (Fsp3) is 0.538. The maximum atomic E-state index is 5.66. The van der Waals surface area contributed by atoms with Gasteiger partial charge in [-0.2, -0.15) is 0 Å². The summed E-state index contributed by atoms with van der Waals surface area (Å²) in [4.78, 5) is 7.29. The van der Waals surface area contributed by atoms with Gasteiger partial charge in [-0.25, -0.2) is 4.98 Å². The Morgan fingerprint density at radius 1 is 1.59 bits per heavy atom. The standard InChI is InChI=1S/C13H19N3S/c1-2-11-5-3-4-8-16(11)12-9-10(13(14)17)6-7-15-12/h6-7,9,11H,2-5,8H2,1H3,(H2,14,17). The first kappa shape index (κ1) is 12.3. The number of aromatic nitrogens is 1. The lowest BCUT2D eigenvalue weighted by atomic mass is 10.00. The lowest BCUT2D eigenvalue weighted by Crippen LogP contribution is -2.39. The van der Waals surface area contributed by atoms with E-state index in [4.69, 9.17) is 18.0 Å². The SMILES string of the molecule is CCC1CCCCN1c1cc(C(N)=S)ccn1. The molecule has 2 heterocycles. The van der Waals surface area contributed by atoms with E-state index in [9.17, 15) is 0 Å². The average molecular weight is 249 g/mol. The van der Waals surface area contributed by atoms with Gasteiger partial charge >= 0.3 is 0 Å². The molecule has 1 unspecified atom stereocenters. The van der Waals surface area contributed by atoms with Crippen LogP contribution in [0.4, 0.5) is 5.82 Å². The molecule has 1 aromatic heterocycles. The molecule has 1 aliphatic rings. The van der Waals surface area contributed by atoms with E-state index >= 15 is 0 Å². The largest absolute Gasteiger partial charge is 0.389 e. The summed E-state index contributed by atoms with van der Waals surface area (Å²) in [6.45, 7) is 3.33. The number of anilines is 1. The highest BCUT2D eigenvalue weighted by Gasteiger charge is 2.22. The van der Waals surface area contributed by atoms with E-state index < -0.39 is 0 Å². The summed E-state index contributed by atoms with van der Waals surface area (Å²) in [5.74, 6) is 1.02. The highest BCUT2D eigenvalue weighted by Crippen LogP contribution is 2.25. The second-order valence-electron chi connectivity index (χ2n) is 4.52. The Bertz CT molecular complexity index is 405. The van der Waals surface area contributed by atoms with Crippen LogP contribution >= 0.6 is 12.2 Å². The molecule has 0 saturated carbocycles. The van der Waals surface area contributed by atoms with E-state index in [1.54, 1.807) is 6.20 Å². The van der Waals surface area contributed by atoms with Crippen LogP contribution in [0.2, 0.25) is 0 Å². The van der Waals surface area contributed by atoms with Gasteiger partial charge < -0.3 is 10.6 Å². The Balaban J connectivity index is 2.25. The Kier molecular flexibility index (Phi) is 3.94. The molecule has 1 fully saturated rings. The van der Waals surface area contributed by atoms with Gasteiger partial charge in [-0.05, 0) is 37.8 Å². The maximum Gasteiger partial charge on any atom is 0.129 e. The van der Waals surface area contributed by atoms with Crippen LogP contribution in [0.1, 0.15) is 38.2 Å². The van der Waals surface area contributed by atoms with E-state index in [1.807, 2.05) is 12.1 Å². The van der Waals surface area contributed by atoms with Gasteiger partial charge in [-0.1, -0.05) is 19.1 Å². The van der Waals surface area contributed by atoms with Gasteiger partial charge in [0.05, 0.1) is 0 Å². The number of rotatable bonds is 3. The molecule has 0 aromatic carbocycles. The second-order valence-corrected chi connectivity index (χ2v) is 4.96. The normalized spacial score (nSPS) is 20.3. The second kappa shape index (κ2) is 5.45. The molecule has 0 aliphatic carbocycles. The van der Waals surface area contributed by atoms with Gasteiger partial charge in [-0.3, -0.25) is 0 Å². The first-order valence-electron chi connectivity index (χ1n) is 6.25. The number of piperidine rings is 1. The van der Waals surface area contributed by atoms with E-state index in [0.717, 1.165) is 17.9 Å². The van der Waals surface area contributed by atoms with Crippen LogP contribution in [-0.4, -0.2) is 22.6 Å². The van der Waals surface area contributed by atoms with Gasteiger partial charge in [0.1, 0.15) is 10.8 Å². The van der Waals surface area contributed by atoms with Crippen LogP contribution in [-0.2, 0) is 0 Å². The Morgan fingerprint density at radius 2 is 2.41 bits per heavy atom. The molecule has 0 radical (unpaired) electrons. The minimum atomic E-state index is 0.443. The molecule has 3 nitrogen and oxygen atoms in total. The van der Waals surface area contributed by atoms with Gasteiger partial charge in [0.2, 0.25) is 0 Å². The van der Waals surface area contributed by atoms with Crippen LogP contribution < -0.4 is 10.6 Å². The first-order valence-corrected chi connectivity index (χ1v) is 6.65. The van der Waals surface area contributed by atoms with Crippen molar-refractivity contribution in [3.8, 4) is 0 Å². The van der Waals surface area contributed by atoms with E-state index in [1.165, 1.54) is 25.7 Å². The number of hydrogen-bond acceptors (Lipinski definition) is 3. The van der Waals surface area contributed by atoms with Crippen molar-refractivity contribution in [2.45, 2.75) is 38.6 Å². The Labute approximate surface area is 108 Å². The smallest absolute Gasteiger partial charge is 0.129 e. The van der Waals surface area contributed by atoms with Crippen LogP contribution in [0.25, 0.3) is 0 Å². The molecule has 0 amide bonds. The number of pyridine rings is 1. The molecule has 1 saturated heterocycles. The predicted molar refractivity (Wildman–Crippen MR) is 75.4 cm³/mol. The van der Waals surface area contributed by atoms with Crippen LogP contribution in [0.5, 0.6) is 0 Å². The monoisotopic (exact) mass is 249 g/mol. The molecular formula is C13H19N3S. The molecule has 0 bridgehead atoms. The minimum Gasteiger partial charge on any atom is -0.389 e. The zero-order valence-corrected chi connectivity index (χ0v) is 11.0. The van der Waals surface area contributed by atoms with Crippen molar-refractivity contribution < 1.29 is 0 Å². The summed E-state index contributed by atoms with van der Waals surface area (Å²) in [6.07, 6.45) is 6.79. The predicted octanol–water partition coefficient (Wildman–Crippen LogP) is 2.48. The zero-order valence-electron chi connectivity index (χ0n) is 10.2. The van der Waals surface area contributed by atoms with Crippen molar-refractivity contribution >= 4 is 23.0 Å². The quantitative estimate of drug-likeness (QED) is 0.836. The minimum absolute atomic E-state index is 0.443. The summed E-state index contributed by atoms with van der Waals surface area (Å²) < 4.78 is 0. The highest BCUT2D eigenvalue weighted by molar-refractivity contribution is 7.80. The Morgan fingerprint density at radius 3 is 3.12 bits per heavy atom. The first-order chi connectivity index (χ1) is 8.22. The molecule has 92 valence electrons. The van der Waals surface area contributed by atoms with Gasteiger partial charge in [0.15, 0.2) is 0 Å². The van der Waals surface area contributed by atoms with Crippen molar-refractivity contribution in [2.75, 3.05) is 11.4 Å². The molecule has 2 rings (SSSR count). The summed E-state index contributed by atoms with van der Waals surface area (Å²) >= 11 is 5.01. The van der Waals surface area contributed by atoms with Gasteiger partial charge in [0.25, 0.3) is 0 Å². The van der Waals surface area contributed by atoms with Crippen molar-refractivity contribution in [2.24, 2.45) is 5.73 Å². The molecule has 17 heavy (non-hydrogen) atoms. The molecule has 4 heteroatoms. The number of nitrogens with zero attached hydrogens (tertiary/aromatic N) is 2.